The summed E-state index contributed by atoms with van der Waals surface area (Å²) in [7, 11) is 0. The normalized spacial score (nSPS) is 11.8. The molecule has 0 aliphatic rings. The molecule has 26 heavy (non-hydrogen) atoms. The maximum absolute atomic E-state index is 13.4. The lowest BCUT2D eigenvalue weighted by Gasteiger charge is -2.13. The maximum Gasteiger partial charge on any atom is 0.266 e. The molecule has 2 aromatic carbocycles. The van der Waals surface area contributed by atoms with Gasteiger partial charge in [0.25, 0.3) is 5.91 Å². The molecule has 4 nitrogen and oxygen atoms in total. The first kappa shape index (κ1) is 18.0. The minimum absolute atomic E-state index is 0.348. The third-order valence-electron chi connectivity index (χ3n) is 3.65. The average Bonchev–Trinajstić information content (AvgIpc) is 2.98. The second-order valence-corrected chi connectivity index (χ2v) is 6.82. The highest BCUT2D eigenvalue weighted by Crippen LogP contribution is 2.31. The van der Waals surface area contributed by atoms with Gasteiger partial charge < -0.3 is 4.74 Å². The molecule has 134 valence electrons. The van der Waals surface area contributed by atoms with Crippen molar-refractivity contribution in [3.63, 3.8) is 0 Å². The number of ether oxygens (including phenoxy) is 1. The van der Waals surface area contributed by atoms with Gasteiger partial charge in [0.2, 0.25) is 0 Å². The van der Waals surface area contributed by atoms with Crippen molar-refractivity contribution in [3.8, 4) is 17.0 Å². The number of benzene rings is 2. The fourth-order valence-electron chi connectivity index (χ4n) is 2.32. The van der Waals surface area contributed by atoms with Gasteiger partial charge in [-0.25, -0.2) is 13.8 Å². The smallest absolute Gasteiger partial charge is 0.266 e. The Labute approximate surface area is 153 Å². The Morgan fingerprint density at radius 2 is 1.88 bits per heavy atom. The summed E-state index contributed by atoms with van der Waals surface area (Å²) in [4.78, 5) is 17.4. The first-order chi connectivity index (χ1) is 12.4. The molecule has 1 aromatic heterocycles. The van der Waals surface area contributed by atoms with Crippen LogP contribution in [-0.4, -0.2) is 17.0 Å². The summed E-state index contributed by atoms with van der Waals surface area (Å²) in [6, 6.07) is 12.6. The van der Waals surface area contributed by atoms with Crippen molar-refractivity contribution in [3.05, 3.63) is 65.0 Å². The van der Waals surface area contributed by atoms with E-state index in [2.05, 4.69) is 10.3 Å². The molecule has 3 rings (SSSR count). The second kappa shape index (κ2) is 7.61. The first-order valence-corrected chi connectivity index (χ1v) is 8.71. The highest BCUT2D eigenvalue weighted by Gasteiger charge is 2.18. The molecule has 1 N–H and O–H groups in total. The lowest BCUT2D eigenvalue weighted by Crippen LogP contribution is -2.30. The van der Waals surface area contributed by atoms with Crippen LogP contribution in [0.4, 0.5) is 13.9 Å². The molecular formula is C19H16F2N2O2S. The zero-order valence-electron chi connectivity index (χ0n) is 14.1. The molecule has 1 atom stereocenters. The van der Waals surface area contributed by atoms with Crippen LogP contribution >= 0.6 is 11.3 Å². The number of para-hydroxylation sites is 1. The van der Waals surface area contributed by atoms with E-state index in [0.717, 1.165) is 17.0 Å². The molecule has 1 heterocycles. The number of aryl methyl sites for hydroxylation is 1. The van der Waals surface area contributed by atoms with Gasteiger partial charge in [-0.1, -0.05) is 18.2 Å². The van der Waals surface area contributed by atoms with Crippen molar-refractivity contribution in [2.75, 3.05) is 5.32 Å². The van der Waals surface area contributed by atoms with Crippen molar-refractivity contribution in [1.82, 2.24) is 4.98 Å². The maximum atomic E-state index is 13.4. The van der Waals surface area contributed by atoms with E-state index in [4.69, 9.17) is 4.74 Å². The summed E-state index contributed by atoms with van der Waals surface area (Å²) in [6.07, 6.45) is -0.715. The molecule has 0 saturated heterocycles. The molecule has 0 fully saturated rings. The number of hydrogen-bond donors (Lipinski definition) is 1. The van der Waals surface area contributed by atoms with E-state index < -0.39 is 17.7 Å². The number of aromatic nitrogens is 1. The lowest BCUT2D eigenvalue weighted by molar-refractivity contribution is -0.122. The van der Waals surface area contributed by atoms with Crippen molar-refractivity contribution in [2.24, 2.45) is 0 Å². The van der Waals surface area contributed by atoms with Gasteiger partial charge in [0, 0.05) is 10.4 Å². The summed E-state index contributed by atoms with van der Waals surface area (Å²) in [5.74, 6) is -1.61. The summed E-state index contributed by atoms with van der Waals surface area (Å²) in [5.41, 5.74) is 0.951. The van der Waals surface area contributed by atoms with Gasteiger partial charge in [-0.2, -0.15) is 0 Å². The molecule has 1 unspecified atom stereocenters. The van der Waals surface area contributed by atoms with E-state index in [1.807, 2.05) is 18.2 Å². The quantitative estimate of drug-likeness (QED) is 0.698. The predicted molar refractivity (Wildman–Crippen MR) is 97.4 cm³/mol. The molecule has 7 heteroatoms. The number of amides is 1. The number of rotatable bonds is 5. The number of thiazole rings is 1. The van der Waals surface area contributed by atoms with Crippen LogP contribution in [0.15, 0.2) is 48.5 Å². The third-order valence-corrected chi connectivity index (χ3v) is 4.53. The summed E-state index contributed by atoms with van der Waals surface area (Å²) in [6.45, 7) is 3.44. The highest BCUT2D eigenvalue weighted by molar-refractivity contribution is 7.16. The third kappa shape index (κ3) is 4.05. The predicted octanol–water partition coefficient (Wildman–Crippen LogP) is 4.80. The Kier molecular flexibility index (Phi) is 5.27. The molecule has 0 aliphatic heterocycles. The monoisotopic (exact) mass is 374 g/mol. The Hall–Kier alpha value is -2.80. The standard InChI is InChI=1S/C19H16F2N2O2S/c1-11(25-14-6-4-3-5-7-14)18(24)23-19-22-17(12(2)26-19)13-8-9-15(20)16(21)10-13/h3-11H,1-2H3,(H,22,23,24). The van der Waals surface area contributed by atoms with Crippen molar-refractivity contribution >= 4 is 22.4 Å². The van der Waals surface area contributed by atoms with E-state index in [9.17, 15) is 13.6 Å². The number of hydrogen-bond acceptors (Lipinski definition) is 4. The van der Waals surface area contributed by atoms with E-state index in [-0.39, 0.29) is 5.91 Å². The van der Waals surface area contributed by atoms with Crippen molar-refractivity contribution in [2.45, 2.75) is 20.0 Å². The molecule has 1 amide bonds. The van der Waals surface area contributed by atoms with Gasteiger partial charge in [0.05, 0.1) is 5.69 Å². The molecule has 3 aromatic rings. The number of carbonyl (C=O) groups is 1. The lowest BCUT2D eigenvalue weighted by atomic mass is 10.1. The average molecular weight is 374 g/mol. The minimum atomic E-state index is -0.939. The molecule has 0 bridgehead atoms. The van der Waals surface area contributed by atoms with E-state index in [0.29, 0.717) is 22.1 Å². The number of anilines is 1. The largest absolute Gasteiger partial charge is 0.481 e. The number of carbonyl (C=O) groups excluding carboxylic acids is 1. The Morgan fingerprint density at radius 1 is 1.15 bits per heavy atom. The molecule has 0 saturated carbocycles. The van der Waals surface area contributed by atoms with Crippen molar-refractivity contribution in [1.29, 1.82) is 0 Å². The Bertz CT molecular complexity index is 929. The van der Waals surface area contributed by atoms with Crippen molar-refractivity contribution < 1.29 is 18.3 Å². The topological polar surface area (TPSA) is 51.2 Å². The van der Waals surface area contributed by atoms with Gasteiger partial charge in [-0.3, -0.25) is 10.1 Å². The van der Waals surface area contributed by atoms with Crippen LogP contribution < -0.4 is 10.1 Å². The number of nitrogens with one attached hydrogen (secondary N) is 1. The molecule has 0 spiro atoms. The van der Waals surface area contributed by atoms with E-state index in [1.165, 1.54) is 17.4 Å². The Balaban J connectivity index is 1.72. The van der Waals surface area contributed by atoms with Crippen LogP contribution in [0.5, 0.6) is 5.75 Å². The van der Waals surface area contributed by atoms with Crippen LogP contribution in [-0.2, 0) is 4.79 Å². The fourth-order valence-corrected chi connectivity index (χ4v) is 3.16. The van der Waals surface area contributed by atoms with Crippen LogP contribution in [0.25, 0.3) is 11.3 Å². The SMILES string of the molecule is Cc1sc(NC(=O)C(C)Oc2ccccc2)nc1-c1ccc(F)c(F)c1. The summed E-state index contributed by atoms with van der Waals surface area (Å²) >= 11 is 1.26. The van der Waals surface area contributed by atoms with Crippen LogP contribution in [0.2, 0.25) is 0 Å². The second-order valence-electron chi connectivity index (χ2n) is 5.62. The van der Waals surface area contributed by atoms with E-state index in [1.54, 1.807) is 26.0 Å². The fraction of sp³-hybridized carbons (Fsp3) is 0.158. The molecule has 0 aliphatic carbocycles. The number of nitrogens with zero attached hydrogens (tertiary/aromatic N) is 1. The van der Waals surface area contributed by atoms with Gasteiger partial charge >= 0.3 is 0 Å². The van der Waals surface area contributed by atoms with Crippen LogP contribution in [0.1, 0.15) is 11.8 Å². The number of halogens is 2. The summed E-state index contributed by atoms with van der Waals surface area (Å²) in [5, 5.41) is 3.07. The molecule has 0 radical (unpaired) electrons. The van der Waals surface area contributed by atoms with E-state index >= 15 is 0 Å². The van der Waals surface area contributed by atoms with Crippen LogP contribution in [0, 0.1) is 18.6 Å². The van der Waals surface area contributed by atoms with Gasteiger partial charge in [-0.05, 0) is 44.2 Å². The van der Waals surface area contributed by atoms with Gasteiger partial charge in [0.15, 0.2) is 22.9 Å². The molecular weight excluding hydrogens is 358 g/mol. The van der Waals surface area contributed by atoms with Crippen LogP contribution in [0.3, 0.4) is 0 Å². The zero-order chi connectivity index (χ0) is 18.7. The summed E-state index contributed by atoms with van der Waals surface area (Å²) < 4.78 is 32.1. The minimum Gasteiger partial charge on any atom is -0.481 e. The van der Waals surface area contributed by atoms with Gasteiger partial charge in [-0.15, -0.1) is 11.3 Å². The zero-order valence-corrected chi connectivity index (χ0v) is 14.9. The first-order valence-electron chi connectivity index (χ1n) is 7.89. The van der Waals surface area contributed by atoms with Gasteiger partial charge in [0.1, 0.15) is 5.75 Å². The Morgan fingerprint density at radius 3 is 2.58 bits per heavy atom. The highest BCUT2D eigenvalue weighted by atomic mass is 32.1.